The summed E-state index contributed by atoms with van der Waals surface area (Å²) in [6.07, 6.45) is 0.861. The quantitative estimate of drug-likeness (QED) is 0.779. The van der Waals surface area contributed by atoms with Crippen molar-refractivity contribution in [1.82, 2.24) is 14.9 Å². The first-order chi connectivity index (χ1) is 11.4. The molecule has 24 heavy (non-hydrogen) atoms. The summed E-state index contributed by atoms with van der Waals surface area (Å²) in [6.45, 7) is 8.05. The second-order valence-corrected chi connectivity index (χ2v) is 8.02. The van der Waals surface area contributed by atoms with E-state index in [1.54, 1.807) is 24.3 Å². The molecule has 2 rings (SSSR count). The normalized spacial score (nSPS) is 19.4. The maximum absolute atomic E-state index is 12.5. The summed E-state index contributed by atoms with van der Waals surface area (Å²) in [5.74, 6) is 0.0714. The van der Waals surface area contributed by atoms with Gasteiger partial charge >= 0.3 is 0 Å². The molecule has 1 amide bonds. The van der Waals surface area contributed by atoms with Gasteiger partial charge in [-0.2, -0.15) is 4.31 Å². The molecule has 0 spiro atoms. The lowest BCUT2D eigenvalue weighted by atomic mass is 10.1. The van der Waals surface area contributed by atoms with Gasteiger partial charge in [0.05, 0.1) is 16.9 Å². The van der Waals surface area contributed by atoms with E-state index in [0.29, 0.717) is 13.1 Å². The fourth-order valence-corrected chi connectivity index (χ4v) is 4.39. The van der Waals surface area contributed by atoms with Crippen LogP contribution in [0.4, 0.5) is 0 Å². The molecule has 1 aliphatic rings. The first-order valence-corrected chi connectivity index (χ1v) is 9.95. The molecule has 1 aromatic rings. The zero-order valence-corrected chi connectivity index (χ0v) is 15.4. The Balaban J connectivity index is 2.07. The van der Waals surface area contributed by atoms with Gasteiger partial charge in [-0.3, -0.25) is 4.79 Å². The topological polar surface area (TPSA) is 78.5 Å². The molecule has 0 saturated carbocycles. The number of rotatable bonds is 7. The minimum absolute atomic E-state index is 0.0229. The highest BCUT2D eigenvalue weighted by Gasteiger charge is 2.24. The third-order valence-electron chi connectivity index (χ3n) is 4.51. The lowest BCUT2D eigenvalue weighted by Crippen LogP contribution is -2.34. The van der Waals surface area contributed by atoms with E-state index in [9.17, 15) is 13.2 Å². The van der Waals surface area contributed by atoms with Crippen molar-refractivity contribution >= 4 is 15.9 Å². The summed E-state index contributed by atoms with van der Waals surface area (Å²) in [5, 5.41) is 6.18. The van der Waals surface area contributed by atoms with Gasteiger partial charge in [-0.15, -0.1) is 0 Å². The molecule has 2 atom stereocenters. The van der Waals surface area contributed by atoms with Crippen molar-refractivity contribution in [2.24, 2.45) is 5.92 Å². The average Bonchev–Trinajstić information content (AvgIpc) is 3.10. The molecule has 2 N–H and O–H groups in total. The highest BCUT2D eigenvalue weighted by atomic mass is 32.2. The van der Waals surface area contributed by atoms with Crippen molar-refractivity contribution in [1.29, 1.82) is 0 Å². The van der Waals surface area contributed by atoms with E-state index in [1.807, 2.05) is 20.8 Å². The number of sulfonamides is 1. The van der Waals surface area contributed by atoms with Crippen LogP contribution in [-0.4, -0.2) is 44.8 Å². The summed E-state index contributed by atoms with van der Waals surface area (Å²) in [7, 11) is -3.44. The van der Waals surface area contributed by atoms with Crippen LogP contribution >= 0.6 is 0 Å². The van der Waals surface area contributed by atoms with Crippen molar-refractivity contribution in [2.45, 2.75) is 38.1 Å². The molecule has 1 heterocycles. The van der Waals surface area contributed by atoms with Gasteiger partial charge in [0.15, 0.2) is 0 Å². The Morgan fingerprint density at radius 2 is 1.92 bits per heavy atom. The number of amides is 1. The highest BCUT2D eigenvalue weighted by Crippen LogP contribution is 2.20. The van der Waals surface area contributed by atoms with E-state index < -0.39 is 10.0 Å². The van der Waals surface area contributed by atoms with Crippen LogP contribution in [0.2, 0.25) is 0 Å². The van der Waals surface area contributed by atoms with Crippen LogP contribution in [0.5, 0.6) is 0 Å². The van der Waals surface area contributed by atoms with E-state index in [0.717, 1.165) is 25.1 Å². The number of hydrogen-bond donors (Lipinski definition) is 2. The summed E-state index contributed by atoms with van der Waals surface area (Å²) >= 11 is 0. The first-order valence-electron chi connectivity index (χ1n) is 8.51. The molecule has 0 radical (unpaired) electrons. The van der Waals surface area contributed by atoms with E-state index in [2.05, 4.69) is 10.6 Å². The molecule has 134 valence electrons. The predicted octanol–water partition coefficient (Wildman–Crippen LogP) is 1.50. The first kappa shape index (κ1) is 18.9. The van der Waals surface area contributed by atoms with Gasteiger partial charge in [-0.05, 0) is 37.6 Å². The van der Waals surface area contributed by atoms with E-state index in [4.69, 9.17) is 0 Å². The molecule has 0 aliphatic carbocycles. The Labute approximate surface area is 144 Å². The molecule has 6 nitrogen and oxygen atoms in total. The summed E-state index contributed by atoms with van der Waals surface area (Å²) in [6, 6.07) is 6.62. The van der Waals surface area contributed by atoms with E-state index in [1.165, 1.54) is 4.31 Å². The minimum atomic E-state index is -3.44. The SMILES string of the molecule is CCN(CC)S(=O)(=O)c1ccc(C(C)NC(=O)C2CCNC2)cc1. The third-order valence-corrected chi connectivity index (χ3v) is 6.58. The number of benzene rings is 1. The molecular formula is C17H27N3O3S. The van der Waals surface area contributed by atoms with Gasteiger partial charge in [0.1, 0.15) is 0 Å². The van der Waals surface area contributed by atoms with Crippen LogP contribution in [0.1, 0.15) is 38.8 Å². The summed E-state index contributed by atoms with van der Waals surface area (Å²) < 4.78 is 26.4. The van der Waals surface area contributed by atoms with Crippen LogP contribution in [0.15, 0.2) is 29.2 Å². The van der Waals surface area contributed by atoms with Gasteiger partial charge in [0, 0.05) is 19.6 Å². The van der Waals surface area contributed by atoms with Gasteiger partial charge < -0.3 is 10.6 Å². The van der Waals surface area contributed by atoms with Gasteiger partial charge in [0.2, 0.25) is 15.9 Å². The smallest absolute Gasteiger partial charge is 0.243 e. The maximum Gasteiger partial charge on any atom is 0.243 e. The monoisotopic (exact) mass is 353 g/mol. The van der Waals surface area contributed by atoms with Crippen molar-refractivity contribution in [3.05, 3.63) is 29.8 Å². The Morgan fingerprint density at radius 3 is 2.42 bits per heavy atom. The number of nitrogens with zero attached hydrogens (tertiary/aromatic N) is 1. The average molecular weight is 353 g/mol. The molecule has 0 aromatic heterocycles. The lowest BCUT2D eigenvalue weighted by molar-refractivity contribution is -0.125. The van der Waals surface area contributed by atoms with Crippen molar-refractivity contribution in [2.75, 3.05) is 26.2 Å². The zero-order chi connectivity index (χ0) is 17.7. The number of hydrogen-bond acceptors (Lipinski definition) is 4. The van der Waals surface area contributed by atoms with E-state index in [-0.39, 0.29) is 22.8 Å². The lowest BCUT2D eigenvalue weighted by Gasteiger charge is -2.20. The fourth-order valence-electron chi connectivity index (χ4n) is 2.93. The maximum atomic E-state index is 12.5. The van der Waals surface area contributed by atoms with Crippen LogP contribution in [-0.2, 0) is 14.8 Å². The molecule has 1 fully saturated rings. The Kier molecular flexibility index (Phi) is 6.37. The van der Waals surface area contributed by atoms with Crippen LogP contribution < -0.4 is 10.6 Å². The Bertz CT molecular complexity index is 648. The molecule has 1 aliphatic heterocycles. The van der Waals surface area contributed by atoms with Crippen LogP contribution in [0.25, 0.3) is 0 Å². The molecule has 1 saturated heterocycles. The molecule has 7 heteroatoms. The van der Waals surface area contributed by atoms with E-state index >= 15 is 0 Å². The Hall–Kier alpha value is -1.44. The van der Waals surface area contributed by atoms with Crippen molar-refractivity contribution in [3.8, 4) is 0 Å². The second-order valence-electron chi connectivity index (χ2n) is 6.08. The predicted molar refractivity (Wildman–Crippen MR) is 94.1 cm³/mol. The second kappa shape index (κ2) is 8.09. The van der Waals surface area contributed by atoms with Gasteiger partial charge in [-0.1, -0.05) is 26.0 Å². The third kappa shape index (κ3) is 4.15. The van der Waals surface area contributed by atoms with Crippen LogP contribution in [0, 0.1) is 5.92 Å². The van der Waals surface area contributed by atoms with Gasteiger partial charge in [-0.25, -0.2) is 8.42 Å². The van der Waals surface area contributed by atoms with Crippen molar-refractivity contribution < 1.29 is 13.2 Å². The number of carbonyl (C=O) groups is 1. The van der Waals surface area contributed by atoms with Crippen LogP contribution in [0.3, 0.4) is 0 Å². The van der Waals surface area contributed by atoms with Gasteiger partial charge in [0.25, 0.3) is 0 Å². The Morgan fingerprint density at radius 1 is 1.29 bits per heavy atom. The van der Waals surface area contributed by atoms with Crippen molar-refractivity contribution in [3.63, 3.8) is 0 Å². The fraction of sp³-hybridized carbons (Fsp3) is 0.588. The molecular weight excluding hydrogens is 326 g/mol. The minimum Gasteiger partial charge on any atom is -0.349 e. The molecule has 0 bridgehead atoms. The zero-order valence-electron chi connectivity index (χ0n) is 14.6. The highest BCUT2D eigenvalue weighted by molar-refractivity contribution is 7.89. The number of nitrogens with one attached hydrogen (secondary N) is 2. The summed E-state index contributed by atoms with van der Waals surface area (Å²) in [4.78, 5) is 12.5. The summed E-state index contributed by atoms with van der Waals surface area (Å²) in [5.41, 5.74) is 0.896. The standard InChI is InChI=1S/C17H27N3O3S/c1-4-20(5-2)24(22,23)16-8-6-14(7-9-16)13(3)19-17(21)15-10-11-18-12-15/h6-9,13,15,18H,4-5,10-12H2,1-3H3,(H,19,21). The molecule has 1 aromatic carbocycles. The molecule has 2 unspecified atom stereocenters. The number of carbonyl (C=O) groups excluding carboxylic acids is 1. The largest absolute Gasteiger partial charge is 0.349 e.